The third kappa shape index (κ3) is 4.35. The molecule has 0 unspecified atom stereocenters. The van der Waals surface area contributed by atoms with Gasteiger partial charge in [0.25, 0.3) is 10.2 Å². The van der Waals surface area contributed by atoms with Crippen molar-refractivity contribution < 1.29 is 8.42 Å². The molecule has 4 rings (SSSR count). The van der Waals surface area contributed by atoms with E-state index in [0.717, 1.165) is 49.5 Å². The first-order valence-electron chi connectivity index (χ1n) is 9.71. The highest BCUT2D eigenvalue weighted by Gasteiger charge is 2.26. The summed E-state index contributed by atoms with van der Waals surface area (Å²) in [5, 5.41) is 0. The Hall–Kier alpha value is -2.00. The van der Waals surface area contributed by atoms with E-state index < -0.39 is 10.2 Å². The number of hydrogen-bond acceptors (Lipinski definition) is 5. The van der Waals surface area contributed by atoms with E-state index in [1.165, 1.54) is 9.87 Å². The summed E-state index contributed by atoms with van der Waals surface area (Å²) in [5.74, 6) is 0.914. The number of pyridine rings is 1. The van der Waals surface area contributed by atoms with E-state index in [4.69, 9.17) is 0 Å². The van der Waals surface area contributed by atoms with Gasteiger partial charge in [0, 0.05) is 52.0 Å². The second-order valence-electron chi connectivity index (χ2n) is 7.49. The van der Waals surface area contributed by atoms with Gasteiger partial charge in [-0.3, -0.25) is 0 Å². The third-order valence-corrected chi connectivity index (χ3v) is 7.03. The molecule has 28 heavy (non-hydrogen) atoms. The predicted molar refractivity (Wildman–Crippen MR) is 110 cm³/mol. The standard InChI is InChI=1S/C20H27N5O2S/c1-23-10-12-24(13-11-23)20-14-17(6-8-21-20)15-22-28(26,27)25-9-7-18-4-2-3-5-19(18)16-25/h2-6,8,14,22H,7,9-13,15-16H2,1H3. The first-order valence-corrected chi connectivity index (χ1v) is 11.2. The van der Waals surface area contributed by atoms with Gasteiger partial charge in [0.2, 0.25) is 0 Å². The van der Waals surface area contributed by atoms with E-state index in [2.05, 4.69) is 32.6 Å². The summed E-state index contributed by atoms with van der Waals surface area (Å²) in [6.45, 7) is 5.09. The molecule has 0 amide bonds. The van der Waals surface area contributed by atoms with Crippen LogP contribution in [0.25, 0.3) is 0 Å². The lowest BCUT2D eigenvalue weighted by Crippen LogP contribution is -2.45. The lowest BCUT2D eigenvalue weighted by molar-refractivity contribution is 0.312. The molecule has 0 atom stereocenters. The molecule has 0 saturated carbocycles. The summed E-state index contributed by atoms with van der Waals surface area (Å²) in [7, 11) is -1.41. The van der Waals surface area contributed by atoms with Gasteiger partial charge in [0.1, 0.15) is 5.82 Å². The van der Waals surface area contributed by atoms with Crippen LogP contribution in [0.2, 0.25) is 0 Å². The molecule has 1 aromatic heterocycles. The summed E-state index contributed by atoms with van der Waals surface area (Å²) in [4.78, 5) is 9.01. The monoisotopic (exact) mass is 401 g/mol. The topological polar surface area (TPSA) is 68.8 Å². The molecule has 3 heterocycles. The number of fused-ring (bicyclic) bond motifs is 1. The molecule has 0 spiro atoms. The van der Waals surface area contributed by atoms with Gasteiger partial charge in [-0.05, 0) is 42.3 Å². The van der Waals surface area contributed by atoms with Crippen LogP contribution in [0.5, 0.6) is 0 Å². The number of nitrogens with zero attached hydrogens (tertiary/aromatic N) is 4. The first-order chi connectivity index (χ1) is 13.5. The molecular weight excluding hydrogens is 374 g/mol. The number of benzene rings is 1. The van der Waals surface area contributed by atoms with Gasteiger partial charge >= 0.3 is 0 Å². The van der Waals surface area contributed by atoms with Crippen LogP contribution in [0.3, 0.4) is 0 Å². The van der Waals surface area contributed by atoms with Crippen LogP contribution in [0.1, 0.15) is 16.7 Å². The SMILES string of the molecule is CN1CCN(c2cc(CNS(=O)(=O)N3CCc4ccccc4C3)ccn2)CC1. The predicted octanol–water partition coefficient (Wildman–Crippen LogP) is 1.23. The molecule has 1 N–H and O–H groups in total. The van der Waals surface area contributed by atoms with Gasteiger partial charge in [-0.25, -0.2) is 4.98 Å². The van der Waals surface area contributed by atoms with Crippen LogP contribution in [-0.4, -0.2) is 62.4 Å². The zero-order chi connectivity index (χ0) is 19.6. The van der Waals surface area contributed by atoms with Crippen molar-refractivity contribution in [1.29, 1.82) is 0 Å². The quantitative estimate of drug-likeness (QED) is 0.816. The van der Waals surface area contributed by atoms with E-state index in [-0.39, 0.29) is 6.54 Å². The Morgan fingerprint density at radius 2 is 1.79 bits per heavy atom. The third-order valence-electron chi connectivity index (χ3n) is 5.53. The van der Waals surface area contributed by atoms with Crippen molar-refractivity contribution in [3.8, 4) is 0 Å². The normalized spacial score (nSPS) is 18.8. The van der Waals surface area contributed by atoms with E-state index >= 15 is 0 Å². The lowest BCUT2D eigenvalue weighted by atomic mass is 10.0. The maximum Gasteiger partial charge on any atom is 0.280 e. The lowest BCUT2D eigenvalue weighted by Gasteiger charge is -2.33. The van der Waals surface area contributed by atoms with Gasteiger partial charge in [-0.1, -0.05) is 24.3 Å². The van der Waals surface area contributed by atoms with Gasteiger partial charge in [0.05, 0.1) is 0 Å². The maximum absolute atomic E-state index is 12.8. The number of anilines is 1. The van der Waals surface area contributed by atoms with E-state index in [9.17, 15) is 8.42 Å². The van der Waals surface area contributed by atoms with Crippen molar-refractivity contribution >= 4 is 16.0 Å². The molecule has 7 nitrogen and oxygen atoms in total. The van der Waals surface area contributed by atoms with Gasteiger partial charge in [-0.15, -0.1) is 0 Å². The second-order valence-corrected chi connectivity index (χ2v) is 9.25. The molecule has 1 saturated heterocycles. The first kappa shape index (κ1) is 19.3. The van der Waals surface area contributed by atoms with Crippen LogP contribution >= 0.6 is 0 Å². The molecule has 1 fully saturated rings. The molecule has 0 aliphatic carbocycles. The fraction of sp³-hybridized carbons (Fsp3) is 0.450. The number of hydrogen-bond donors (Lipinski definition) is 1. The molecule has 1 aromatic carbocycles. The molecule has 2 aliphatic heterocycles. The van der Waals surface area contributed by atoms with E-state index in [0.29, 0.717) is 13.1 Å². The highest BCUT2D eigenvalue weighted by Crippen LogP contribution is 2.21. The smallest absolute Gasteiger partial charge is 0.280 e. The van der Waals surface area contributed by atoms with Crippen molar-refractivity contribution in [1.82, 2.24) is 18.9 Å². The Kier molecular flexibility index (Phi) is 5.63. The molecule has 2 aromatic rings. The minimum atomic E-state index is -3.53. The summed E-state index contributed by atoms with van der Waals surface area (Å²) >= 11 is 0. The van der Waals surface area contributed by atoms with Gasteiger partial charge in [-0.2, -0.15) is 17.4 Å². The Morgan fingerprint density at radius 1 is 1.04 bits per heavy atom. The summed E-state index contributed by atoms with van der Waals surface area (Å²) < 4.78 is 29.8. The number of piperazine rings is 1. The van der Waals surface area contributed by atoms with Crippen molar-refractivity contribution in [2.24, 2.45) is 0 Å². The van der Waals surface area contributed by atoms with Crippen molar-refractivity contribution in [2.45, 2.75) is 19.5 Å². The van der Waals surface area contributed by atoms with Crippen molar-refractivity contribution in [2.75, 3.05) is 44.7 Å². The van der Waals surface area contributed by atoms with Crippen LogP contribution < -0.4 is 9.62 Å². The van der Waals surface area contributed by atoms with E-state index in [1.54, 1.807) is 6.20 Å². The highest BCUT2D eigenvalue weighted by molar-refractivity contribution is 7.87. The highest BCUT2D eigenvalue weighted by atomic mass is 32.2. The summed E-state index contributed by atoms with van der Waals surface area (Å²) in [6, 6.07) is 11.9. The second kappa shape index (κ2) is 8.16. The maximum atomic E-state index is 12.8. The molecule has 150 valence electrons. The fourth-order valence-electron chi connectivity index (χ4n) is 3.72. The van der Waals surface area contributed by atoms with Gasteiger partial charge < -0.3 is 9.80 Å². The van der Waals surface area contributed by atoms with E-state index in [1.807, 2.05) is 30.3 Å². The minimum absolute atomic E-state index is 0.268. The average Bonchev–Trinajstić information content (AvgIpc) is 2.73. The zero-order valence-electron chi connectivity index (χ0n) is 16.2. The molecule has 8 heteroatoms. The zero-order valence-corrected chi connectivity index (χ0v) is 17.0. The molecule has 0 radical (unpaired) electrons. The Morgan fingerprint density at radius 3 is 2.57 bits per heavy atom. The van der Waals surface area contributed by atoms with Crippen LogP contribution in [0.15, 0.2) is 42.6 Å². The largest absolute Gasteiger partial charge is 0.354 e. The fourth-order valence-corrected chi connectivity index (χ4v) is 4.89. The molecular formula is C20H27N5O2S. The minimum Gasteiger partial charge on any atom is -0.354 e. The number of aromatic nitrogens is 1. The van der Waals surface area contributed by atoms with Crippen molar-refractivity contribution in [3.05, 3.63) is 59.3 Å². The molecule has 0 bridgehead atoms. The number of nitrogens with one attached hydrogen (secondary N) is 1. The van der Waals surface area contributed by atoms with Gasteiger partial charge in [0.15, 0.2) is 0 Å². The Balaban J connectivity index is 1.39. The number of likely N-dealkylation sites (N-methyl/N-ethyl adjacent to an activating group) is 1. The summed E-state index contributed by atoms with van der Waals surface area (Å²) in [5.41, 5.74) is 3.24. The van der Waals surface area contributed by atoms with Crippen LogP contribution in [-0.2, 0) is 29.7 Å². The Bertz CT molecular complexity index is 926. The number of rotatable bonds is 5. The van der Waals surface area contributed by atoms with Crippen LogP contribution in [0.4, 0.5) is 5.82 Å². The summed E-state index contributed by atoms with van der Waals surface area (Å²) in [6.07, 6.45) is 2.51. The van der Waals surface area contributed by atoms with Crippen molar-refractivity contribution in [3.63, 3.8) is 0 Å². The Labute approximate surface area is 167 Å². The molecule has 2 aliphatic rings. The van der Waals surface area contributed by atoms with Crippen LogP contribution in [0, 0.1) is 0 Å². The average molecular weight is 402 g/mol.